The van der Waals surface area contributed by atoms with Gasteiger partial charge in [-0.15, -0.1) is 0 Å². The van der Waals surface area contributed by atoms with Gasteiger partial charge in [-0.05, 0) is 42.2 Å². The van der Waals surface area contributed by atoms with Crippen LogP contribution in [0.5, 0.6) is 5.75 Å². The maximum Gasteiger partial charge on any atom is 0.269 e. The van der Waals surface area contributed by atoms with Gasteiger partial charge in [-0.2, -0.15) is 0 Å². The Bertz CT molecular complexity index is 881. The lowest BCUT2D eigenvalue weighted by atomic mass is 9.76. The van der Waals surface area contributed by atoms with E-state index in [4.69, 9.17) is 4.74 Å². The molecule has 2 aromatic rings. The van der Waals surface area contributed by atoms with Crippen LogP contribution in [-0.2, 0) is 0 Å². The Morgan fingerprint density at radius 2 is 2.08 bits per heavy atom. The zero-order chi connectivity index (χ0) is 17.6. The molecule has 1 heterocycles. The molecular formula is C19H17BrN2O3. The summed E-state index contributed by atoms with van der Waals surface area (Å²) in [6.07, 6.45) is 5.27. The zero-order valence-corrected chi connectivity index (χ0v) is 15.2. The number of ether oxygens (including phenoxy) is 1. The predicted molar refractivity (Wildman–Crippen MR) is 100 cm³/mol. The number of nitrogens with zero attached hydrogens (tertiary/aromatic N) is 1. The van der Waals surface area contributed by atoms with Crippen molar-refractivity contribution in [1.82, 2.24) is 0 Å². The van der Waals surface area contributed by atoms with Gasteiger partial charge in [0.1, 0.15) is 5.75 Å². The van der Waals surface area contributed by atoms with E-state index in [-0.39, 0.29) is 22.6 Å². The summed E-state index contributed by atoms with van der Waals surface area (Å²) >= 11 is 3.55. The van der Waals surface area contributed by atoms with Gasteiger partial charge in [0.15, 0.2) is 0 Å². The number of anilines is 1. The van der Waals surface area contributed by atoms with Gasteiger partial charge < -0.3 is 10.1 Å². The molecule has 1 aliphatic carbocycles. The molecule has 2 aliphatic rings. The van der Waals surface area contributed by atoms with E-state index in [0.717, 1.165) is 33.5 Å². The Hall–Kier alpha value is -2.34. The molecule has 6 heteroatoms. The first-order valence-electron chi connectivity index (χ1n) is 8.13. The van der Waals surface area contributed by atoms with E-state index in [9.17, 15) is 10.1 Å². The number of nitro groups is 1. The van der Waals surface area contributed by atoms with Gasteiger partial charge in [-0.3, -0.25) is 10.1 Å². The number of benzene rings is 2. The van der Waals surface area contributed by atoms with Crippen molar-refractivity contribution in [3.63, 3.8) is 0 Å². The van der Waals surface area contributed by atoms with E-state index in [1.165, 1.54) is 0 Å². The lowest BCUT2D eigenvalue weighted by Crippen LogP contribution is -2.29. The maximum atomic E-state index is 11.1. The molecule has 4 rings (SSSR count). The average Bonchev–Trinajstić information content (AvgIpc) is 3.10. The van der Waals surface area contributed by atoms with Gasteiger partial charge in [-0.1, -0.05) is 28.1 Å². The Labute approximate surface area is 154 Å². The van der Waals surface area contributed by atoms with Crippen LogP contribution in [0.1, 0.15) is 29.5 Å². The van der Waals surface area contributed by atoms with Gasteiger partial charge in [-0.25, -0.2) is 0 Å². The summed E-state index contributed by atoms with van der Waals surface area (Å²) in [6.45, 7) is 0. The first kappa shape index (κ1) is 16.1. The van der Waals surface area contributed by atoms with E-state index in [0.29, 0.717) is 5.92 Å². The van der Waals surface area contributed by atoms with Crippen molar-refractivity contribution in [2.45, 2.75) is 18.4 Å². The molecule has 0 fully saturated rings. The molecule has 5 nitrogen and oxygen atoms in total. The molecular weight excluding hydrogens is 384 g/mol. The van der Waals surface area contributed by atoms with Crippen LogP contribution >= 0.6 is 15.9 Å². The van der Waals surface area contributed by atoms with Crippen LogP contribution in [-0.4, -0.2) is 12.0 Å². The number of non-ortho nitro benzene ring substituents is 1. The van der Waals surface area contributed by atoms with E-state index in [1.807, 2.05) is 18.2 Å². The number of allylic oxidation sites excluding steroid dienone is 2. The number of fused-ring (bicyclic) bond motifs is 3. The molecule has 0 amide bonds. The van der Waals surface area contributed by atoms with Crippen LogP contribution in [0.25, 0.3) is 0 Å². The highest BCUT2D eigenvalue weighted by Crippen LogP contribution is 2.51. The minimum Gasteiger partial charge on any atom is -0.496 e. The summed E-state index contributed by atoms with van der Waals surface area (Å²) in [6, 6.07) is 11.2. The lowest BCUT2D eigenvalue weighted by Gasteiger charge is -2.37. The molecule has 0 radical (unpaired) electrons. The van der Waals surface area contributed by atoms with Gasteiger partial charge >= 0.3 is 0 Å². The summed E-state index contributed by atoms with van der Waals surface area (Å²) in [4.78, 5) is 10.8. The normalized spacial score (nSPS) is 23.5. The molecule has 0 unspecified atom stereocenters. The first-order chi connectivity index (χ1) is 12.1. The molecule has 0 bridgehead atoms. The third-order valence-corrected chi connectivity index (χ3v) is 5.58. The van der Waals surface area contributed by atoms with Crippen LogP contribution in [0, 0.1) is 16.0 Å². The molecule has 0 spiro atoms. The van der Waals surface area contributed by atoms with Crippen molar-refractivity contribution in [3.8, 4) is 5.75 Å². The molecule has 2 aromatic carbocycles. The predicted octanol–water partition coefficient (Wildman–Crippen LogP) is 5.19. The SMILES string of the molecule is COc1ccc(Br)cc1[C@H]1Nc2ccc([N+](=O)[O-])cc2[C@H]2C=CC[C@@H]21. The van der Waals surface area contributed by atoms with E-state index in [1.54, 1.807) is 19.2 Å². The Balaban J connectivity index is 1.81. The van der Waals surface area contributed by atoms with Crippen LogP contribution in [0.3, 0.4) is 0 Å². The fourth-order valence-corrected chi connectivity index (χ4v) is 4.33. The van der Waals surface area contributed by atoms with Crippen LogP contribution in [0.4, 0.5) is 11.4 Å². The molecule has 1 aliphatic heterocycles. The van der Waals surface area contributed by atoms with Crippen molar-refractivity contribution >= 4 is 27.3 Å². The second-order valence-corrected chi connectivity index (χ2v) is 7.31. The summed E-state index contributed by atoms with van der Waals surface area (Å²) in [5.74, 6) is 1.32. The highest BCUT2D eigenvalue weighted by atomic mass is 79.9. The summed E-state index contributed by atoms with van der Waals surface area (Å²) in [5.41, 5.74) is 3.18. The third-order valence-electron chi connectivity index (χ3n) is 5.08. The summed E-state index contributed by atoms with van der Waals surface area (Å²) < 4.78 is 6.57. The number of nitro benzene ring substituents is 1. The largest absolute Gasteiger partial charge is 0.496 e. The molecule has 128 valence electrons. The second-order valence-electron chi connectivity index (χ2n) is 6.39. The van der Waals surface area contributed by atoms with Crippen LogP contribution in [0.2, 0.25) is 0 Å². The molecule has 25 heavy (non-hydrogen) atoms. The second kappa shape index (κ2) is 6.19. The molecule has 0 saturated heterocycles. The summed E-state index contributed by atoms with van der Waals surface area (Å²) in [5, 5.41) is 14.7. The van der Waals surface area contributed by atoms with Crippen molar-refractivity contribution in [2.24, 2.45) is 5.92 Å². The molecule has 0 saturated carbocycles. The number of nitrogens with one attached hydrogen (secondary N) is 1. The number of rotatable bonds is 3. The number of hydrogen-bond donors (Lipinski definition) is 1. The Morgan fingerprint density at radius 3 is 2.84 bits per heavy atom. The first-order valence-corrected chi connectivity index (χ1v) is 8.93. The highest BCUT2D eigenvalue weighted by molar-refractivity contribution is 9.10. The van der Waals surface area contributed by atoms with Crippen molar-refractivity contribution < 1.29 is 9.66 Å². The van der Waals surface area contributed by atoms with Crippen molar-refractivity contribution in [3.05, 3.63) is 74.3 Å². The Kier molecular flexibility index (Phi) is 4.00. The quantitative estimate of drug-likeness (QED) is 0.437. The van der Waals surface area contributed by atoms with E-state index < -0.39 is 0 Å². The maximum absolute atomic E-state index is 11.1. The van der Waals surface area contributed by atoms with Crippen LogP contribution in [0.15, 0.2) is 53.0 Å². The van der Waals surface area contributed by atoms with Gasteiger partial charge in [0.2, 0.25) is 0 Å². The van der Waals surface area contributed by atoms with Crippen LogP contribution < -0.4 is 10.1 Å². The van der Waals surface area contributed by atoms with Crippen molar-refractivity contribution in [1.29, 1.82) is 0 Å². The zero-order valence-electron chi connectivity index (χ0n) is 13.6. The van der Waals surface area contributed by atoms with Gasteiger partial charge in [0, 0.05) is 33.8 Å². The van der Waals surface area contributed by atoms with Crippen molar-refractivity contribution in [2.75, 3.05) is 12.4 Å². The lowest BCUT2D eigenvalue weighted by molar-refractivity contribution is -0.384. The Morgan fingerprint density at radius 1 is 1.24 bits per heavy atom. The van der Waals surface area contributed by atoms with E-state index in [2.05, 4.69) is 39.5 Å². The van der Waals surface area contributed by atoms with Gasteiger partial charge in [0.05, 0.1) is 18.1 Å². The fourth-order valence-electron chi connectivity index (χ4n) is 3.95. The highest BCUT2D eigenvalue weighted by Gasteiger charge is 2.39. The molecule has 1 N–H and O–H groups in total. The third kappa shape index (κ3) is 2.70. The minimum atomic E-state index is -0.336. The smallest absolute Gasteiger partial charge is 0.269 e. The van der Waals surface area contributed by atoms with Gasteiger partial charge in [0.25, 0.3) is 5.69 Å². The monoisotopic (exact) mass is 400 g/mol. The number of methoxy groups -OCH3 is 1. The standard InChI is InChI=1S/C19H17BrN2O3/c1-25-18-8-5-11(20)9-16(18)19-14-4-2-3-13(14)15-10-12(22(23)24)6-7-17(15)21-19/h2-3,5-10,13-14,19,21H,4H2,1H3/t13-,14-,19-/m0/s1. The topological polar surface area (TPSA) is 64.4 Å². The summed E-state index contributed by atoms with van der Waals surface area (Å²) in [7, 11) is 1.68. The minimum absolute atomic E-state index is 0.0846. The number of halogens is 1. The number of hydrogen-bond acceptors (Lipinski definition) is 4. The molecule has 0 aromatic heterocycles. The fraction of sp³-hybridized carbons (Fsp3) is 0.263. The average molecular weight is 401 g/mol. The van der Waals surface area contributed by atoms with E-state index >= 15 is 0 Å². The molecule has 3 atom stereocenters.